The molecule has 0 aliphatic carbocycles. The number of nitrogens with zero attached hydrogens (tertiary/aromatic N) is 3. The molecule has 11 heteroatoms. The van der Waals surface area contributed by atoms with Crippen LogP contribution >= 0.6 is 27.5 Å². The first kappa shape index (κ1) is 42.3. The highest BCUT2D eigenvalue weighted by Crippen LogP contribution is 2.38. The third kappa shape index (κ3) is 9.43. The van der Waals surface area contributed by atoms with Crippen LogP contribution < -0.4 is 10.1 Å². The summed E-state index contributed by atoms with van der Waals surface area (Å²) in [5, 5.41) is 16.9. The predicted octanol–water partition coefficient (Wildman–Crippen LogP) is 10.4. The van der Waals surface area contributed by atoms with E-state index in [1.165, 1.54) is 0 Å². The number of aromatic nitrogens is 2. The minimum absolute atomic E-state index is 0.103. The number of carboxylic acids is 1. The summed E-state index contributed by atoms with van der Waals surface area (Å²) in [5.74, 6) is -0.277. The molecule has 2 N–H and O–H groups in total. The molecule has 5 aromatic carbocycles. The quantitative estimate of drug-likeness (QED) is 0.0938. The molecule has 1 amide bonds. The van der Waals surface area contributed by atoms with Crippen LogP contribution in [0, 0.1) is 13.8 Å². The lowest BCUT2D eigenvalue weighted by Crippen LogP contribution is -2.38. The first-order valence-corrected chi connectivity index (χ1v) is 22.1. The molecule has 314 valence electrons. The summed E-state index contributed by atoms with van der Waals surface area (Å²) < 4.78 is 17.0. The number of amides is 1. The summed E-state index contributed by atoms with van der Waals surface area (Å²) in [5.41, 5.74) is 10.1. The molecule has 0 atom stereocenters. The lowest BCUT2D eigenvalue weighted by Gasteiger charge is -2.27. The minimum Gasteiger partial charge on any atom is -0.494 e. The number of carbonyl (C=O) groups is 2. The van der Waals surface area contributed by atoms with E-state index in [4.69, 9.17) is 21.1 Å². The van der Waals surface area contributed by atoms with Gasteiger partial charge in [0.1, 0.15) is 11.4 Å². The van der Waals surface area contributed by atoms with E-state index in [1.807, 2.05) is 54.8 Å². The first-order chi connectivity index (χ1) is 29.7. The number of carboxylic acid groups (broad SMARTS) is 1. The largest absolute Gasteiger partial charge is 0.494 e. The van der Waals surface area contributed by atoms with Crippen LogP contribution in [0.4, 0.5) is 0 Å². The van der Waals surface area contributed by atoms with E-state index in [0.29, 0.717) is 76.5 Å². The Hall–Kier alpha value is -5.39. The summed E-state index contributed by atoms with van der Waals surface area (Å²) >= 11 is 9.87. The van der Waals surface area contributed by atoms with Gasteiger partial charge in [0.05, 0.1) is 25.3 Å². The van der Waals surface area contributed by atoms with Crippen LogP contribution in [0.3, 0.4) is 0 Å². The Kier molecular flexibility index (Phi) is 13.3. The van der Waals surface area contributed by atoms with E-state index in [2.05, 4.69) is 104 Å². The standard InChI is InChI=1S/C50H50BrClN4O5/c1-33-28-39(29-34(2)46(33)52)61-25-9-17-44-43-16-8-15-42(47(43)56(48(44)50(58)59)22-21-54-23-26-60-27-24-54)40-13-4-3-10-36(40)31-55-32-37(41-14-5-6-18-45(41)55)19-20-53-49(57)35-11-7-12-38(51)30-35/h3-8,10-16,18,28-30,32H,9,17,19-27,31H2,1-2H3,(H,53,57)(H,58,59). The molecular formula is C50H50BrClN4O5. The second-order valence-electron chi connectivity index (χ2n) is 15.7. The number of morpholine rings is 1. The van der Waals surface area contributed by atoms with Crippen LogP contribution in [0.5, 0.6) is 5.75 Å². The number of fused-ring (bicyclic) bond motifs is 2. The number of benzene rings is 5. The van der Waals surface area contributed by atoms with Gasteiger partial charge in [-0.2, -0.15) is 0 Å². The fraction of sp³-hybridized carbons (Fsp3) is 0.280. The fourth-order valence-corrected chi connectivity index (χ4v) is 9.22. The summed E-state index contributed by atoms with van der Waals surface area (Å²) in [4.78, 5) is 28.7. The topological polar surface area (TPSA) is 98.0 Å². The van der Waals surface area contributed by atoms with Gasteiger partial charge in [0.2, 0.25) is 0 Å². The van der Waals surface area contributed by atoms with Gasteiger partial charge < -0.3 is 29.0 Å². The zero-order chi connectivity index (χ0) is 42.5. The van der Waals surface area contributed by atoms with E-state index in [-0.39, 0.29) is 5.91 Å². The third-order valence-corrected chi connectivity index (χ3v) is 12.8. The van der Waals surface area contributed by atoms with Crippen molar-refractivity contribution in [3.8, 4) is 16.9 Å². The number of aromatic carboxylic acids is 1. The molecule has 7 aromatic rings. The number of nitrogens with one attached hydrogen (secondary N) is 1. The lowest BCUT2D eigenvalue weighted by molar-refractivity contribution is 0.0362. The normalized spacial score (nSPS) is 13.2. The maximum Gasteiger partial charge on any atom is 0.352 e. The smallest absolute Gasteiger partial charge is 0.352 e. The highest BCUT2D eigenvalue weighted by atomic mass is 79.9. The maximum absolute atomic E-state index is 13.4. The van der Waals surface area contributed by atoms with Crippen LogP contribution in [0.1, 0.15) is 55.1 Å². The van der Waals surface area contributed by atoms with Crippen LogP contribution in [0.15, 0.2) is 114 Å². The van der Waals surface area contributed by atoms with E-state index < -0.39 is 5.97 Å². The summed E-state index contributed by atoms with van der Waals surface area (Å²) in [7, 11) is 0. The lowest BCUT2D eigenvalue weighted by atomic mass is 9.96. The van der Waals surface area contributed by atoms with Gasteiger partial charge >= 0.3 is 5.97 Å². The van der Waals surface area contributed by atoms with Gasteiger partial charge in [-0.15, -0.1) is 0 Å². The van der Waals surface area contributed by atoms with Crippen LogP contribution in [-0.4, -0.2) is 77.0 Å². The van der Waals surface area contributed by atoms with Crippen molar-refractivity contribution in [2.75, 3.05) is 46.0 Å². The van der Waals surface area contributed by atoms with Gasteiger partial charge in [0.25, 0.3) is 5.91 Å². The minimum atomic E-state index is -0.934. The monoisotopic (exact) mass is 900 g/mol. The van der Waals surface area contributed by atoms with E-state index in [0.717, 1.165) is 89.1 Å². The van der Waals surface area contributed by atoms with Crippen molar-refractivity contribution in [2.24, 2.45) is 0 Å². The Bertz CT molecular complexity index is 2690. The molecule has 0 bridgehead atoms. The van der Waals surface area contributed by atoms with Crippen molar-refractivity contribution >= 4 is 61.2 Å². The van der Waals surface area contributed by atoms with E-state index >= 15 is 0 Å². The van der Waals surface area contributed by atoms with Gasteiger partial charge in [-0.05, 0) is 103 Å². The fourth-order valence-electron chi connectivity index (χ4n) is 8.71. The molecule has 9 nitrogen and oxygen atoms in total. The second-order valence-corrected chi connectivity index (χ2v) is 17.0. The van der Waals surface area contributed by atoms with E-state index in [9.17, 15) is 14.7 Å². The average molecular weight is 902 g/mol. The van der Waals surface area contributed by atoms with Gasteiger partial charge in [-0.3, -0.25) is 9.69 Å². The van der Waals surface area contributed by atoms with Crippen LogP contribution in [0.25, 0.3) is 32.9 Å². The Morgan fingerprint density at radius 3 is 2.34 bits per heavy atom. The van der Waals surface area contributed by atoms with Crippen molar-refractivity contribution in [2.45, 2.75) is 46.2 Å². The van der Waals surface area contributed by atoms with Crippen LogP contribution in [-0.2, 0) is 30.7 Å². The number of ether oxygens (including phenoxy) is 2. The van der Waals surface area contributed by atoms with Crippen molar-refractivity contribution in [1.82, 2.24) is 19.4 Å². The van der Waals surface area contributed by atoms with Crippen molar-refractivity contribution < 1.29 is 24.2 Å². The Morgan fingerprint density at radius 2 is 1.56 bits per heavy atom. The Balaban J connectivity index is 1.12. The highest BCUT2D eigenvalue weighted by molar-refractivity contribution is 9.10. The summed E-state index contributed by atoms with van der Waals surface area (Å²) in [6.45, 7) is 9.69. The number of aryl methyl sites for hydroxylation is 3. The Labute approximate surface area is 370 Å². The SMILES string of the molecule is Cc1cc(OCCCc2c(C(=O)O)n(CCN3CCOCC3)c3c(-c4ccccc4Cn4cc(CCNC(=O)c5cccc(Br)c5)c5ccccc54)cccc23)cc(C)c1Cl. The van der Waals surface area contributed by atoms with E-state index in [1.54, 1.807) is 0 Å². The zero-order valence-electron chi connectivity index (χ0n) is 34.6. The average Bonchev–Trinajstić information content (AvgIpc) is 3.78. The van der Waals surface area contributed by atoms with Crippen molar-refractivity contribution in [3.05, 3.63) is 158 Å². The molecule has 0 spiro atoms. The van der Waals surface area contributed by atoms with Gasteiger partial charge in [0.15, 0.2) is 0 Å². The van der Waals surface area contributed by atoms with Gasteiger partial charge in [-0.1, -0.05) is 94.3 Å². The Morgan fingerprint density at radius 1 is 0.836 bits per heavy atom. The number of hydrogen-bond acceptors (Lipinski definition) is 5. The predicted molar refractivity (Wildman–Crippen MR) is 248 cm³/mol. The zero-order valence-corrected chi connectivity index (χ0v) is 36.9. The summed E-state index contributed by atoms with van der Waals surface area (Å²) in [6, 6.07) is 34.4. The number of halogens is 2. The van der Waals surface area contributed by atoms with Crippen molar-refractivity contribution in [3.63, 3.8) is 0 Å². The third-order valence-electron chi connectivity index (χ3n) is 11.7. The van der Waals surface area contributed by atoms with Gasteiger partial charge in [0, 0.05) is 82.4 Å². The molecule has 1 saturated heterocycles. The molecule has 3 heterocycles. The molecule has 1 aliphatic rings. The molecule has 1 aliphatic heterocycles. The molecule has 0 saturated carbocycles. The highest BCUT2D eigenvalue weighted by Gasteiger charge is 2.26. The summed E-state index contributed by atoms with van der Waals surface area (Å²) in [6.07, 6.45) is 4.06. The molecular weight excluding hydrogens is 852 g/mol. The molecule has 0 radical (unpaired) electrons. The molecule has 0 unspecified atom stereocenters. The second kappa shape index (κ2) is 19.1. The maximum atomic E-state index is 13.4. The molecule has 8 rings (SSSR count). The van der Waals surface area contributed by atoms with Crippen molar-refractivity contribution in [1.29, 1.82) is 0 Å². The molecule has 1 fully saturated rings. The van der Waals surface area contributed by atoms with Gasteiger partial charge in [-0.25, -0.2) is 4.79 Å². The first-order valence-electron chi connectivity index (χ1n) is 20.9. The number of para-hydroxylation sites is 2. The molecule has 61 heavy (non-hydrogen) atoms. The number of carbonyl (C=O) groups excluding carboxylic acids is 1. The number of hydrogen-bond donors (Lipinski definition) is 2. The molecule has 2 aromatic heterocycles. The van der Waals surface area contributed by atoms with Crippen LogP contribution in [0.2, 0.25) is 5.02 Å². The number of rotatable bonds is 16.